The van der Waals surface area contributed by atoms with Crippen molar-refractivity contribution < 1.29 is 12.6 Å². The zero-order valence-corrected chi connectivity index (χ0v) is 11.6. The van der Waals surface area contributed by atoms with Gasteiger partial charge >= 0.3 is 0 Å². The maximum Gasteiger partial charge on any atom is 0.296 e. The summed E-state index contributed by atoms with van der Waals surface area (Å²) in [6.45, 7) is 2.23. The highest BCUT2D eigenvalue weighted by molar-refractivity contribution is 7.86. The van der Waals surface area contributed by atoms with E-state index in [9.17, 15) is 8.42 Å². The van der Waals surface area contributed by atoms with Crippen LogP contribution in [0.3, 0.4) is 0 Å². The normalized spacial score (nSPS) is 17.2. The first-order valence-electron chi connectivity index (χ1n) is 6.54. The van der Waals surface area contributed by atoms with Crippen molar-refractivity contribution >= 4 is 10.1 Å². The Hall–Kier alpha value is -0.870. The molecule has 0 spiro atoms. The van der Waals surface area contributed by atoms with E-state index < -0.39 is 10.1 Å². The Kier molecular flexibility index (Phi) is 4.40. The molecule has 18 heavy (non-hydrogen) atoms. The van der Waals surface area contributed by atoms with E-state index in [1.54, 1.807) is 24.3 Å². The van der Waals surface area contributed by atoms with E-state index in [4.69, 9.17) is 4.18 Å². The molecule has 1 aromatic carbocycles. The molecule has 0 bridgehead atoms. The van der Waals surface area contributed by atoms with Gasteiger partial charge in [0.05, 0.1) is 11.5 Å². The molecule has 1 aliphatic rings. The number of hydrogen-bond acceptors (Lipinski definition) is 3. The molecule has 0 unspecified atom stereocenters. The van der Waals surface area contributed by atoms with E-state index in [2.05, 4.69) is 0 Å². The molecule has 0 aromatic heterocycles. The van der Waals surface area contributed by atoms with Gasteiger partial charge in [-0.2, -0.15) is 8.42 Å². The first-order valence-corrected chi connectivity index (χ1v) is 7.95. The number of aryl methyl sites for hydroxylation is 1. The molecule has 4 heteroatoms. The van der Waals surface area contributed by atoms with Crippen LogP contribution >= 0.6 is 0 Å². The summed E-state index contributed by atoms with van der Waals surface area (Å²) in [6.07, 6.45) is 5.83. The molecule has 0 heterocycles. The minimum absolute atomic E-state index is 0.250. The Balaban J connectivity index is 1.88. The van der Waals surface area contributed by atoms with Crippen LogP contribution in [0.15, 0.2) is 29.2 Å². The van der Waals surface area contributed by atoms with Crippen LogP contribution in [-0.2, 0) is 14.3 Å². The molecular formula is C14H20O3S. The van der Waals surface area contributed by atoms with Crippen LogP contribution in [0.1, 0.15) is 37.7 Å². The minimum atomic E-state index is -3.57. The predicted octanol–water partition coefficient (Wildman–Crippen LogP) is 3.28. The molecule has 3 nitrogen and oxygen atoms in total. The summed E-state index contributed by atoms with van der Waals surface area (Å²) in [7, 11) is -3.57. The lowest BCUT2D eigenvalue weighted by Gasteiger charge is -2.09. The predicted molar refractivity (Wildman–Crippen MR) is 70.9 cm³/mol. The van der Waals surface area contributed by atoms with Crippen LogP contribution in [0.25, 0.3) is 0 Å². The van der Waals surface area contributed by atoms with Crippen LogP contribution in [0.4, 0.5) is 0 Å². The average molecular weight is 268 g/mol. The lowest BCUT2D eigenvalue weighted by atomic mass is 10.1. The second kappa shape index (κ2) is 5.85. The molecule has 2 rings (SSSR count). The van der Waals surface area contributed by atoms with Gasteiger partial charge in [0, 0.05) is 0 Å². The molecule has 1 aromatic rings. The molecule has 0 atom stereocenters. The molecule has 1 aliphatic carbocycles. The number of rotatable bonds is 5. The highest BCUT2D eigenvalue weighted by Crippen LogP contribution is 2.27. The van der Waals surface area contributed by atoms with Gasteiger partial charge in [0.15, 0.2) is 0 Å². The highest BCUT2D eigenvalue weighted by atomic mass is 32.2. The number of hydrogen-bond donors (Lipinski definition) is 0. The van der Waals surface area contributed by atoms with Crippen molar-refractivity contribution in [2.75, 3.05) is 6.61 Å². The van der Waals surface area contributed by atoms with E-state index in [0.717, 1.165) is 12.0 Å². The molecule has 100 valence electrons. The molecule has 0 radical (unpaired) electrons. The Bertz CT molecular complexity index is 470. The van der Waals surface area contributed by atoms with Crippen molar-refractivity contribution in [2.24, 2.45) is 5.92 Å². The third-order valence-corrected chi connectivity index (χ3v) is 4.88. The third kappa shape index (κ3) is 3.56. The first-order chi connectivity index (χ1) is 8.58. The molecule has 1 fully saturated rings. The monoisotopic (exact) mass is 268 g/mol. The quantitative estimate of drug-likeness (QED) is 0.770. The second-order valence-electron chi connectivity index (χ2n) is 5.03. The van der Waals surface area contributed by atoms with Gasteiger partial charge in [-0.15, -0.1) is 0 Å². The third-order valence-electron chi connectivity index (χ3n) is 3.55. The first kappa shape index (κ1) is 13.6. The molecule has 0 N–H and O–H groups in total. The van der Waals surface area contributed by atoms with Gasteiger partial charge in [-0.1, -0.05) is 43.4 Å². The smallest absolute Gasteiger partial charge is 0.266 e. The minimum Gasteiger partial charge on any atom is -0.266 e. The fraction of sp³-hybridized carbons (Fsp3) is 0.571. The molecule has 1 saturated carbocycles. The van der Waals surface area contributed by atoms with E-state index in [0.29, 0.717) is 12.5 Å². The van der Waals surface area contributed by atoms with Crippen molar-refractivity contribution in [1.82, 2.24) is 0 Å². The van der Waals surface area contributed by atoms with Crippen LogP contribution in [0.5, 0.6) is 0 Å². The lowest BCUT2D eigenvalue weighted by Crippen LogP contribution is -2.09. The van der Waals surface area contributed by atoms with Crippen LogP contribution in [0.2, 0.25) is 0 Å². The van der Waals surface area contributed by atoms with Gasteiger partial charge in [-0.05, 0) is 31.4 Å². The molecule has 0 aliphatic heterocycles. The van der Waals surface area contributed by atoms with Gasteiger partial charge < -0.3 is 0 Å². The Morgan fingerprint density at radius 2 is 1.78 bits per heavy atom. The summed E-state index contributed by atoms with van der Waals surface area (Å²) in [6, 6.07) is 6.76. The van der Waals surface area contributed by atoms with Crippen LogP contribution < -0.4 is 0 Å². The second-order valence-corrected chi connectivity index (χ2v) is 6.64. The van der Waals surface area contributed by atoms with Crippen molar-refractivity contribution in [3.8, 4) is 0 Å². The Morgan fingerprint density at radius 3 is 2.39 bits per heavy atom. The largest absolute Gasteiger partial charge is 0.296 e. The van der Waals surface area contributed by atoms with Gasteiger partial charge in [0.2, 0.25) is 0 Å². The summed E-state index contributed by atoms with van der Waals surface area (Å²) in [5.74, 6) is 0.651. The van der Waals surface area contributed by atoms with Crippen molar-refractivity contribution in [3.63, 3.8) is 0 Å². The Labute approximate surface area is 109 Å². The Morgan fingerprint density at radius 1 is 1.17 bits per heavy atom. The SMILES string of the molecule is Cc1ccc(S(=O)(=O)OCCC2CCCC2)cc1. The van der Waals surface area contributed by atoms with Gasteiger partial charge in [0.1, 0.15) is 0 Å². The maximum atomic E-state index is 11.9. The van der Waals surface area contributed by atoms with E-state index >= 15 is 0 Å². The fourth-order valence-corrected chi connectivity index (χ4v) is 3.32. The standard InChI is InChI=1S/C14H20O3S/c1-12-6-8-14(9-7-12)18(15,16)17-11-10-13-4-2-3-5-13/h6-9,13H,2-5,10-11H2,1H3. The van der Waals surface area contributed by atoms with E-state index in [1.165, 1.54) is 25.7 Å². The van der Waals surface area contributed by atoms with Crippen LogP contribution in [0, 0.1) is 12.8 Å². The lowest BCUT2D eigenvalue weighted by molar-refractivity contribution is 0.282. The molecule has 0 amide bonds. The zero-order valence-electron chi connectivity index (χ0n) is 10.8. The van der Waals surface area contributed by atoms with E-state index in [-0.39, 0.29) is 4.90 Å². The average Bonchev–Trinajstić information content (AvgIpc) is 2.82. The number of benzene rings is 1. The van der Waals surface area contributed by atoms with E-state index in [1.807, 2.05) is 6.92 Å². The van der Waals surface area contributed by atoms with Crippen molar-refractivity contribution in [2.45, 2.75) is 43.9 Å². The topological polar surface area (TPSA) is 43.4 Å². The summed E-state index contributed by atoms with van der Waals surface area (Å²) in [4.78, 5) is 0.250. The zero-order chi connectivity index (χ0) is 13.0. The van der Waals surface area contributed by atoms with Crippen molar-refractivity contribution in [1.29, 1.82) is 0 Å². The summed E-state index contributed by atoms with van der Waals surface area (Å²) in [5.41, 5.74) is 1.04. The van der Waals surface area contributed by atoms with Crippen LogP contribution in [-0.4, -0.2) is 15.0 Å². The summed E-state index contributed by atoms with van der Waals surface area (Å²) >= 11 is 0. The summed E-state index contributed by atoms with van der Waals surface area (Å²) < 4.78 is 28.9. The van der Waals surface area contributed by atoms with Gasteiger partial charge in [-0.25, -0.2) is 0 Å². The summed E-state index contributed by atoms with van der Waals surface area (Å²) in [5, 5.41) is 0. The highest BCUT2D eigenvalue weighted by Gasteiger charge is 2.18. The maximum absolute atomic E-state index is 11.9. The van der Waals surface area contributed by atoms with Crippen molar-refractivity contribution in [3.05, 3.63) is 29.8 Å². The molecule has 0 saturated heterocycles. The van der Waals surface area contributed by atoms with Gasteiger partial charge in [0.25, 0.3) is 10.1 Å². The molecular weight excluding hydrogens is 248 g/mol. The van der Waals surface area contributed by atoms with Gasteiger partial charge in [-0.3, -0.25) is 4.18 Å². The fourth-order valence-electron chi connectivity index (χ4n) is 2.40.